The van der Waals surface area contributed by atoms with Gasteiger partial charge in [-0.3, -0.25) is 0 Å². The largest absolute Gasteiger partial charge is 0.335 e. The summed E-state index contributed by atoms with van der Waals surface area (Å²) >= 11 is 6.01. The maximum atomic E-state index is 11.9. The summed E-state index contributed by atoms with van der Waals surface area (Å²) in [5.41, 5.74) is 0.650. The van der Waals surface area contributed by atoms with Crippen LogP contribution in [0.1, 0.15) is 39.0 Å². The Kier molecular flexibility index (Phi) is 5.08. The monoisotopic (exact) mass is 280 g/mol. The fourth-order valence-electron chi connectivity index (χ4n) is 2.68. The van der Waals surface area contributed by atoms with E-state index in [0.717, 1.165) is 0 Å². The molecule has 0 saturated heterocycles. The van der Waals surface area contributed by atoms with Gasteiger partial charge in [-0.2, -0.15) is 0 Å². The number of urea groups is 1. The molecule has 19 heavy (non-hydrogen) atoms. The number of benzene rings is 1. The molecule has 0 heterocycles. The van der Waals surface area contributed by atoms with E-state index in [2.05, 4.69) is 17.6 Å². The highest BCUT2D eigenvalue weighted by atomic mass is 35.5. The zero-order chi connectivity index (χ0) is 13.7. The van der Waals surface area contributed by atoms with E-state index >= 15 is 0 Å². The van der Waals surface area contributed by atoms with E-state index in [1.165, 1.54) is 32.1 Å². The molecule has 1 saturated carbocycles. The molecule has 1 aliphatic rings. The minimum atomic E-state index is -0.175. The normalized spacial score (nSPS) is 17.8. The number of hydrogen-bond acceptors (Lipinski definition) is 1. The van der Waals surface area contributed by atoms with E-state index in [9.17, 15) is 4.79 Å². The molecule has 0 spiro atoms. The van der Waals surface area contributed by atoms with Crippen LogP contribution in [0.25, 0.3) is 0 Å². The van der Waals surface area contributed by atoms with Crippen LogP contribution in [0.15, 0.2) is 24.3 Å². The van der Waals surface area contributed by atoms with Gasteiger partial charge in [0.15, 0.2) is 0 Å². The number of carbonyl (C=O) groups excluding carboxylic acids is 1. The molecule has 0 bridgehead atoms. The van der Waals surface area contributed by atoms with Crippen molar-refractivity contribution in [1.29, 1.82) is 0 Å². The molecule has 2 rings (SSSR count). The number of hydrogen-bond donors (Lipinski definition) is 2. The van der Waals surface area contributed by atoms with Crippen LogP contribution < -0.4 is 10.6 Å². The van der Waals surface area contributed by atoms with Crippen LogP contribution in [0.4, 0.5) is 10.5 Å². The van der Waals surface area contributed by atoms with Crippen molar-refractivity contribution in [2.75, 3.05) is 5.32 Å². The van der Waals surface area contributed by atoms with Gasteiger partial charge in [0.1, 0.15) is 0 Å². The fraction of sp³-hybridized carbons (Fsp3) is 0.533. The van der Waals surface area contributed by atoms with Crippen molar-refractivity contribution in [2.45, 2.75) is 45.1 Å². The summed E-state index contributed by atoms with van der Waals surface area (Å²) in [7, 11) is 0. The number of anilines is 1. The van der Waals surface area contributed by atoms with Crippen LogP contribution >= 0.6 is 11.6 Å². The Balaban J connectivity index is 1.85. The topological polar surface area (TPSA) is 41.1 Å². The Morgan fingerprint density at radius 3 is 2.63 bits per heavy atom. The molecule has 2 amide bonds. The average Bonchev–Trinajstić information content (AvgIpc) is 2.42. The second kappa shape index (κ2) is 6.80. The molecule has 4 heteroatoms. The van der Waals surface area contributed by atoms with E-state index in [1.54, 1.807) is 12.1 Å². The Morgan fingerprint density at radius 2 is 1.95 bits per heavy atom. The molecule has 104 valence electrons. The van der Waals surface area contributed by atoms with Crippen LogP contribution in [0.5, 0.6) is 0 Å². The van der Waals surface area contributed by atoms with Crippen molar-refractivity contribution in [1.82, 2.24) is 5.32 Å². The fourth-order valence-corrected chi connectivity index (χ4v) is 2.86. The predicted molar refractivity (Wildman–Crippen MR) is 79.6 cm³/mol. The molecule has 0 aromatic heterocycles. The average molecular weight is 281 g/mol. The van der Waals surface area contributed by atoms with Crippen molar-refractivity contribution in [3.8, 4) is 0 Å². The highest BCUT2D eigenvalue weighted by Gasteiger charge is 2.21. The lowest BCUT2D eigenvalue weighted by molar-refractivity contribution is 0.235. The summed E-state index contributed by atoms with van der Waals surface area (Å²) in [6.45, 7) is 2.09. The van der Waals surface area contributed by atoms with Crippen LogP contribution in [0, 0.1) is 5.92 Å². The minimum Gasteiger partial charge on any atom is -0.335 e. The first-order valence-corrected chi connectivity index (χ1v) is 7.36. The zero-order valence-electron chi connectivity index (χ0n) is 11.3. The SMILES string of the molecule is CC(NC(=O)Nc1ccccc1Cl)C1CCCCC1. The number of halogens is 1. The highest BCUT2D eigenvalue weighted by molar-refractivity contribution is 6.33. The standard InChI is InChI=1S/C15H21ClN2O/c1-11(12-7-3-2-4-8-12)17-15(19)18-14-10-6-5-9-13(14)16/h5-6,9-12H,2-4,7-8H2,1H3,(H2,17,18,19). The molecule has 1 aliphatic carbocycles. The summed E-state index contributed by atoms with van der Waals surface area (Å²) in [4.78, 5) is 11.9. The molecular formula is C15H21ClN2O. The van der Waals surface area contributed by atoms with Crippen molar-refractivity contribution < 1.29 is 4.79 Å². The second-order valence-corrected chi connectivity index (χ2v) is 5.67. The van der Waals surface area contributed by atoms with E-state index in [4.69, 9.17) is 11.6 Å². The van der Waals surface area contributed by atoms with Gasteiger partial charge in [0.25, 0.3) is 0 Å². The quantitative estimate of drug-likeness (QED) is 0.845. The van der Waals surface area contributed by atoms with Crippen LogP contribution in [0.2, 0.25) is 5.02 Å². The predicted octanol–water partition coefficient (Wildman–Crippen LogP) is 4.43. The number of carbonyl (C=O) groups is 1. The zero-order valence-corrected chi connectivity index (χ0v) is 12.0. The van der Waals surface area contributed by atoms with Crippen LogP contribution in [-0.2, 0) is 0 Å². The second-order valence-electron chi connectivity index (χ2n) is 5.27. The lowest BCUT2D eigenvalue weighted by atomic mass is 9.85. The van der Waals surface area contributed by atoms with Crippen molar-refractivity contribution in [3.63, 3.8) is 0 Å². The third kappa shape index (κ3) is 4.13. The molecule has 2 N–H and O–H groups in total. The molecule has 1 atom stereocenters. The van der Waals surface area contributed by atoms with Gasteiger partial charge in [-0.1, -0.05) is 43.0 Å². The maximum absolute atomic E-state index is 11.9. The van der Waals surface area contributed by atoms with Gasteiger partial charge < -0.3 is 10.6 Å². The van der Waals surface area contributed by atoms with E-state index in [-0.39, 0.29) is 12.1 Å². The number of nitrogens with one attached hydrogen (secondary N) is 2. The first kappa shape index (κ1) is 14.2. The van der Waals surface area contributed by atoms with Crippen molar-refractivity contribution in [3.05, 3.63) is 29.3 Å². The first-order valence-electron chi connectivity index (χ1n) is 6.99. The summed E-state index contributed by atoms with van der Waals surface area (Å²) < 4.78 is 0. The van der Waals surface area contributed by atoms with E-state index in [1.807, 2.05) is 12.1 Å². The van der Waals surface area contributed by atoms with Gasteiger partial charge in [-0.25, -0.2) is 4.79 Å². The summed E-state index contributed by atoms with van der Waals surface area (Å²) in [5.74, 6) is 0.603. The van der Waals surface area contributed by atoms with Crippen molar-refractivity contribution in [2.24, 2.45) is 5.92 Å². The number of para-hydroxylation sites is 1. The Bertz CT molecular complexity index is 430. The summed E-state index contributed by atoms with van der Waals surface area (Å²) in [6.07, 6.45) is 6.32. The summed E-state index contributed by atoms with van der Waals surface area (Å²) in [5, 5.41) is 6.37. The molecule has 3 nitrogen and oxygen atoms in total. The summed E-state index contributed by atoms with van der Waals surface area (Å²) in [6, 6.07) is 7.30. The molecule has 1 aromatic rings. The third-order valence-electron chi connectivity index (χ3n) is 3.84. The first-order chi connectivity index (χ1) is 9.16. The molecular weight excluding hydrogens is 260 g/mol. The van der Waals surface area contributed by atoms with Gasteiger partial charge in [0.2, 0.25) is 0 Å². The minimum absolute atomic E-state index is 0.175. The Labute approximate surface area is 119 Å². The van der Waals surface area contributed by atoms with Crippen molar-refractivity contribution >= 4 is 23.3 Å². The van der Waals surface area contributed by atoms with Gasteiger partial charge in [-0.05, 0) is 37.8 Å². The maximum Gasteiger partial charge on any atom is 0.319 e. The van der Waals surface area contributed by atoms with Gasteiger partial charge >= 0.3 is 6.03 Å². The third-order valence-corrected chi connectivity index (χ3v) is 4.17. The molecule has 1 fully saturated rings. The smallest absolute Gasteiger partial charge is 0.319 e. The number of amides is 2. The lowest BCUT2D eigenvalue weighted by Crippen LogP contribution is -2.41. The molecule has 0 aliphatic heterocycles. The molecule has 0 radical (unpaired) electrons. The van der Waals surface area contributed by atoms with Crippen LogP contribution in [-0.4, -0.2) is 12.1 Å². The molecule has 1 aromatic carbocycles. The Hall–Kier alpha value is -1.22. The number of rotatable bonds is 3. The highest BCUT2D eigenvalue weighted by Crippen LogP contribution is 2.26. The molecule has 1 unspecified atom stereocenters. The lowest BCUT2D eigenvalue weighted by Gasteiger charge is -2.28. The van der Waals surface area contributed by atoms with Gasteiger partial charge in [0, 0.05) is 6.04 Å². The Morgan fingerprint density at radius 1 is 1.26 bits per heavy atom. The van der Waals surface area contributed by atoms with Crippen LogP contribution in [0.3, 0.4) is 0 Å². The van der Waals surface area contributed by atoms with Gasteiger partial charge in [0.05, 0.1) is 10.7 Å². The van der Waals surface area contributed by atoms with E-state index < -0.39 is 0 Å². The van der Waals surface area contributed by atoms with E-state index in [0.29, 0.717) is 16.6 Å². The van der Waals surface area contributed by atoms with Gasteiger partial charge in [-0.15, -0.1) is 0 Å².